The van der Waals surface area contributed by atoms with Crippen LogP contribution in [-0.4, -0.2) is 37.2 Å². The van der Waals surface area contributed by atoms with Crippen molar-refractivity contribution in [3.8, 4) is 0 Å². The molecular formula is C58H102O6. The quantitative estimate of drug-likeness (QED) is 0.0199. The number of carbonyl (C=O) groups is 3. The first-order chi connectivity index (χ1) is 31.5. The maximum atomic E-state index is 12.8. The molecule has 370 valence electrons. The predicted octanol–water partition coefficient (Wildman–Crippen LogP) is 18.0. The van der Waals surface area contributed by atoms with E-state index in [0.29, 0.717) is 19.3 Å². The van der Waals surface area contributed by atoms with Crippen LogP contribution in [-0.2, 0) is 28.6 Å². The molecule has 0 aliphatic heterocycles. The van der Waals surface area contributed by atoms with Gasteiger partial charge in [-0.3, -0.25) is 14.4 Å². The lowest BCUT2D eigenvalue weighted by atomic mass is 10.1. The summed E-state index contributed by atoms with van der Waals surface area (Å²) in [4.78, 5) is 38.0. The zero-order chi connectivity index (χ0) is 46.5. The molecule has 0 aromatic carbocycles. The van der Waals surface area contributed by atoms with Gasteiger partial charge >= 0.3 is 17.9 Å². The number of allylic oxidation sites excluding steroid dienone is 10. The van der Waals surface area contributed by atoms with Gasteiger partial charge in [-0.2, -0.15) is 0 Å². The van der Waals surface area contributed by atoms with E-state index in [1.54, 1.807) is 0 Å². The number of ether oxygens (including phenoxy) is 3. The Balaban J connectivity index is 4.40. The largest absolute Gasteiger partial charge is 0.462 e. The van der Waals surface area contributed by atoms with Crippen LogP contribution in [0.25, 0.3) is 0 Å². The van der Waals surface area contributed by atoms with Crippen molar-refractivity contribution in [1.29, 1.82) is 0 Å². The molecule has 0 spiro atoms. The highest BCUT2D eigenvalue weighted by Crippen LogP contribution is 2.15. The summed E-state index contributed by atoms with van der Waals surface area (Å²) in [7, 11) is 0. The van der Waals surface area contributed by atoms with E-state index >= 15 is 0 Å². The maximum absolute atomic E-state index is 12.8. The Bertz CT molecular complexity index is 1170. The number of rotatable bonds is 49. The molecule has 0 fully saturated rings. The minimum absolute atomic E-state index is 0.0818. The number of unbranched alkanes of at least 4 members (excludes halogenated alkanes) is 31. The standard InChI is InChI=1S/C58H102O6/c1-4-7-10-13-16-19-22-24-26-28-30-31-33-36-39-42-45-48-51-57(60)63-54-55(53-62-56(59)50-47-44-41-38-35-21-18-15-12-9-6-3)64-58(61)52-49-46-43-40-37-34-32-29-27-25-23-20-17-14-11-8-5-2/h16,19,22,24-28,30-31,55H,4-15,17-18,20-21,23,29,32-54H2,1-3H3/b19-16-,24-22-,27-25-,28-26-,31-30-. The minimum atomic E-state index is -0.784. The average molecular weight is 895 g/mol. The summed E-state index contributed by atoms with van der Waals surface area (Å²) in [5.41, 5.74) is 0. The van der Waals surface area contributed by atoms with E-state index in [2.05, 4.69) is 81.5 Å². The van der Waals surface area contributed by atoms with Gasteiger partial charge < -0.3 is 14.2 Å². The van der Waals surface area contributed by atoms with Gasteiger partial charge in [0.05, 0.1) is 0 Å². The first-order valence-corrected chi connectivity index (χ1v) is 27.3. The van der Waals surface area contributed by atoms with Crippen molar-refractivity contribution in [3.63, 3.8) is 0 Å². The summed E-state index contributed by atoms with van der Waals surface area (Å²) in [5, 5.41) is 0. The van der Waals surface area contributed by atoms with Gasteiger partial charge in [0, 0.05) is 19.3 Å². The molecule has 1 unspecified atom stereocenters. The molecule has 0 aliphatic carbocycles. The Labute approximate surface area is 396 Å². The van der Waals surface area contributed by atoms with Crippen LogP contribution in [0.3, 0.4) is 0 Å². The van der Waals surface area contributed by atoms with Crippen LogP contribution in [0.1, 0.15) is 271 Å². The van der Waals surface area contributed by atoms with Crippen LogP contribution in [0, 0.1) is 0 Å². The molecule has 64 heavy (non-hydrogen) atoms. The first-order valence-electron chi connectivity index (χ1n) is 27.3. The molecule has 0 heterocycles. The van der Waals surface area contributed by atoms with E-state index in [4.69, 9.17) is 14.2 Å². The van der Waals surface area contributed by atoms with Gasteiger partial charge in [0.2, 0.25) is 0 Å². The van der Waals surface area contributed by atoms with E-state index in [-0.39, 0.29) is 31.1 Å². The molecular weight excluding hydrogens is 793 g/mol. The van der Waals surface area contributed by atoms with E-state index in [0.717, 1.165) is 83.5 Å². The Kier molecular flexibility index (Phi) is 50.4. The van der Waals surface area contributed by atoms with E-state index in [9.17, 15) is 14.4 Å². The summed E-state index contributed by atoms with van der Waals surface area (Å²) in [6.07, 6.45) is 64.8. The molecule has 6 heteroatoms. The van der Waals surface area contributed by atoms with Gasteiger partial charge in [0.25, 0.3) is 0 Å². The SMILES string of the molecule is CCCCC\C=C/C=C\C=C/C=C\CCCCCCCC(=O)OCC(COC(=O)CCCCCCCCCCCCC)OC(=O)CCCCCCCCC/C=C\CCCCCCCC. The molecule has 6 nitrogen and oxygen atoms in total. The van der Waals surface area contributed by atoms with Crippen molar-refractivity contribution in [2.24, 2.45) is 0 Å². The number of hydrogen-bond acceptors (Lipinski definition) is 6. The lowest BCUT2D eigenvalue weighted by Gasteiger charge is -2.18. The number of hydrogen-bond donors (Lipinski definition) is 0. The monoisotopic (exact) mass is 895 g/mol. The highest BCUT2D eigenvalue weighted by molar-refractivity contribution is 5.71. The third kappa shape index (κ3) is 50.1. The highest BCUT2D eigenvalue weighted by Gasteiger charge is 2.19. The summed E-state index contributed by atoms with van der Waals surface area (Å²) in [6.45, 7) is 6.58. The van der Waals surface area contributed by atoms with Gasteiger partial charge in [-0.1, -0.05) is 242 Å². The van der Waals surface area contributed by atoms with Crippen molar-refractivity contribution in [2.75, 3.05) is 13.2 Å². The lowest BCUT2D eigenvalue weighted by Crippen LogP contribution is -2.30. The second kappa shape index (κ2) is 52.7. The van der Waals surface area contributed by atoms with Crippen LogP contribution in [0.15, 0.2) is 60.8 Å². The second-order valence-corrected chi connectivity index (χ2v) is 18.2. The van der Waals surface area contributed by atoms with Crippen molar-refractivity contribution in [2.45, 2.75) is 277 Å². The molecule has 1 atom stereocenters. The van der Waals surface area contributed by atoms with Gasteiger partial charge in [-0.05, 0) is 70.6 Å². The molecule has 0 aromatic rings. The van der Waals surface area contributed by atoms with Gasteiger partial charge in [-0.15, -0.1) is 0 Å². The van der Waals surface area contributed by atoms with E-state index < -0.39 is 6.10 Å². The molecule has 0 bridgehead atoms. The third-order valence-corrected chi connectivity index (χ3v) is 11.8. The highest BCUT2D eigenvalue weighted by atomic mass is 16.6. The molecule has 0 N–H and O–H groups in total. The van der Waals surface area contributed by atoms with E-state index in [1.807, 2.05) is 0 Å². The topological polar surface area (TPSA) is 78.9 Å². The Hall–Kier alpha value is -2.89. The molecule has 0 aliphatic rings. The Morgan fingerprint density at radius 3 is 0.953 bits per heavy atom. The first kappa shape index (κ1) is 61.1. The fraction of sp³-hybridized carbons (Fsp3) is 0.776. The van der Waals surface area contributed by atoms with Crippen molar-refractivity contribution in [1.82, 2.24) is 0 Å². The Morgan fingerprint density at radius 1 is 0.312 bits per heavy atom. The molecule has 0 aromatic heterocycles. The minimum Gasteiger partial charge on any atom is -0.462 e. The van der Waals surface area contributed by atoms with Gasteiger partial charge in [0.1, 0.15) is 13.2 Å². The summed E-state index contributed by atoms with van der Waals surface area (Å²) in [5.74, 6) is -0.903. The van der Waals surface area contributed by atoms with Crippen LogP contribution in [0.2, 0.25) is 0 Å². The second-order valence-electron chi connectivity index (χ2n) is 18.2. The van der Waals surface area contributed by atoms with Crippen LogP contribution < -0.4 is 0 Å². The molecule has 0 saturated carbocycles. The third-order valence-electron chi connectivity index (χ3n) is 11.8. The van der Waals surface area contributed by atoms with E-state index in [1.165, 1.54) is 148 Å². The average Bonchev–Trinajstić information content (AvgIpc) is 3.29. The molecule has 0 saturated heterocycles. The molecule has 0 amide bonds. The fourth-order valence-electron chi connectivity index (χ4n) is 7.68. The van der Waals surface area contributed by atoms with Crippen molar-refractivity contribution >= 4 is 17.9 Å². The zero-order valence-corrected chi connectivity index (χ0v) is 42.3. The van der Waals surface area contributed by atoms with Crippen molar-refractivity contribution < 1.29 is 28.6 Å². The number of carbonyl (C=O) groups excluding carboxylic acids is 3. The normalized spacial score (nSPS) is 12.5. The zero-order valence-electron chi connectivity index (χ0n) is 42.3. The predicted molar refractivity (Wildman–Crippen MR) is 275 cm³/mol. The van der Waals surface area contributed by atoms with Gasteiger partial charge in [-0.25, -0.2) is 0 Å². The fourth-order valence-corrected chi connectivity index (χ4v) is 7.68. The lowest BCUT2D eigenvalue weighted by molar-refractivity contribution is -0.167. The van der Waals surface area contributed by atoms with Crippen molar-refractivity contribution in [3.05, 3.63) is 60.8 Å². The molecule has 0 rings (SSSR count). The molecule has 0 radical (unpaired) electrons. The van der Waals surface area contributed by atoms with Crippen LogP contribution >= 0.6 is 0 Å². The van der Waals surface area contributed by atoms with Crippen LogP contribution in [0.4, 0.5) is 0 Å². The summed E-state index contributed by atoms with van der Waals surface area (Å²) < 4.78 is 16.8. The summed E-state index contributed by atoms with van der Waals surface area (Å²) >= 11 is 0. The van der Waals surface area contributed by atoms with Gasteiger partial charge in [0.15, 0.2) is 6.10 Å². The number of esters is 3. The Morgan fingerprint density at radius 2 is 0.578 bits per heavy atom. The van der Waals surface area contributed by atoms with Crippen LogP contribution in [0.5, 0.6) is 0 Å². The summed E-state index contributed by atoms with van der Waals surface area (Å²) in [6, 6.07) is 0. The smallest absolute Gasteiger partial charge is 0.306 e. The maximum Gasteiger partial charge on any atom is 0.306 e.